The van der Waals surface area contributed by atoms with Crippen molar-refractivity contribution in [2.75, 3.05) is 7.11 Å². The van der Waals surface area contributed by atoms with Crippen LogP contribution in [0, 0.1) is 0 Å². The monoisotopic (exact) mass is 349 g/mol. The number of hydrogen-bond donors (Lipinski definition) is 1. The maximum atomic E-state index is 12.3. The molecule has 132 valence electrons. The first-order valence-electron chi connectivity index (χ1n) is 7.35. The number of amides is 1. The normalized spacial score (nSPS) is 10.9. The van der Waals surface area contributed by atoms with Crippen LogP contribution >= 0.6 is 0 Å². The number of carbonyl (C=O) groups excluding carboxylic acids is 1. The number of hydroxylamine groups is 1. The fourth-order valence-electron chi connectivity index (χ4n) is 1.95. The van der Waals surface area contributed by atoms with Crippen LogP contribution < -0.4 is 15.0 Å². The first kappa shape index (κ1) is 18.4. The fourth-order valence-corrected chi connectivity index (χ4v) is 1.95. The third-order valence-electron chi connectivity index (χ3n) is 3.09. The van der Waals surface area contributed by atoms with Gasteiger partial charge >= 0.3 is 6.61 Å². The average Bonchev–Trinajstić information content (AvgIpc) is 2.61. The summed E-state index contributed by atoms with van der Waals surface area (Å²) in [6.07, 6.45) is 2.75. The second-order valence-electron chi connectivity index (χ2n) is 4.86. The van der Waals surface area contributed by atoms with Crippen molar-refractivity contribution in [1.29, 1.82) is 0 Å². The van der Waals surface area contributed by atoms with Crippen LogP contribution in [0.1, 0.15) is 11.1 Å². The quantitative estimate of drug-likeness (QED) is 0.585. The molecule has 5 nitrogen and oxygen atoms in total. The highest BCUT2D eigenvalue weighted by Gasteiger charge is 2.10. The lowest BCUT2D eigenvalue weighted by Crippen LogP contribution is -2.21. The van der Waals surface area contributed by atoms with E-state index in [4.69, 9.17) is 9.57 Å². The Hall–Kier alpha value is -2.93. The largest absolute Gasteiger partial charge is 0.493 e. The van der Waals surface area contributed by atoms with Gasteiger partial charge in [0.1, 0.15) is 0 Å². The molecular formula is C18H17F2NO4. The van der Waals surface area contributed by atoms with Crippen molar-refractivity contribution in [3.8, 4) is 11.5 Å². The minimum atomic E-state index is -2.94. The van der Waals surface area contributed by atoms with E-state index in [0.717, 1.165) is 5.56 Å². The summed E-state index contributed by atoms with van der Waals surface area (Å²) in [4.78, 5) is 16.8. The Bertz CT molecular complexity index is 720. The Morgan fingerprint density at radius 1 is 1.16 bits per heavy atom. The molecule has 1 N–H and O–H groups in total. The average molecular weight is 349 g/mol. The molecule has 2 aromatic carbocycles. The van der Waals surface area contributed by atoms with Gasteiger partial charge in [0.25, 0.3) is 5.91 Å². The molecule has 0 atom stereocenters. The number of hydrogen-bond acceptors (Lipinski definition) is 4. The third kappa shape index (κ3) is 6.23. The van der Waals surface area contributed by atoms with Crippen LogP contribution in [0.5, 0.6) is 11.5 Å². The Kier molecular flexibility index (Phi) is 6.91. The Labute approximate surface area is 143 Å². The van der Waals surface area contributed by atoms with Crippen molar-refractivity contribution >= 4 is 12.0 Å². The van der Waals surface area contributed by atoms with E-state index in [2.05, 4.69) is 10.2 Å². The molecule has 0 fully saturated rings. The molecule has 0 saturated heterocycles. The number of alkyl halides is 2. The van der Waals surface area contributed by atoms with Gasteiger partial charge in [-0.2, -0.15) is 8.78 Å². The van der Waals surface area contributed by atoms with Crippen LogP contribution in [0.4, 0.5) is 8.78 Å². The summed E-state index contributed by atoms with van der Waals surface area (Å²) in [5, 5.41) is 0. The second kappa shape index (κ2) is 9.39. The van der Waals surface area contributed by atoms with Crippen LogP contribution in [-0.4, -0.2) is 19.6 Å². The molecule has 0 aliphatic carbocycles. The van der Waals surface area contributed by atoms with E-state index in [9.17, 15) is 13.6 Å². The van der Waals surface area contributed by atoms with Gasteiger partial charge in [-0.25, -0.2) is 5.48 Å². The smallest absolute Gasteiger partial charge is 0.387 e. The van der Waals surface area contributed by atoms with E-state index in [1.54, 1.807) is 0 Å². The topological polar surface area (TPSA) is 56.8 Å². The number of benzene rings is 2. The van der Waals surface area contributed by atoms with E-state index in [0.29, 0.717) is 5.56 Å². The summed E-state index contributed by atoms with van der Waals surface area (Å²) in [6, 6.07) is 13.7. The highest BCUT2D eigenvalue weighted by atomic mass is 19.3. The maximum absolute atomic E-state index is 12.3. The molecule has 0 aromatic heterocycles. The van der Waals surface area contributed by atoms with Crippen LogP contribution in [-0.2, 0) is 16.2 Å². The summed E-state index contributed by atoms with van der Waals surface area (Å²) in [7, 11) is 1.34. The maximum Gasteiger partial charge on any atom is 0.387 e. The zero-order chi connectivity index (χ0) is 18.1. The molecule has 0 aliphatic rings. The summed E-state index contributed by atoms with van der Waals surface area (Å²) >= 11 is 0. The van der Waals surface area contributed by atoms with Crippen LogP contribution in [0.25, 0.3) is 6.08 Å². The van der Waals surface area contributed by atoms with Gasteiger partial charge < -0.3 is 9.47 Å². The predicted octanol–water partition coefficient (Wildman–Crippen LogP) is 3.56. The molecular weight excluding hydrogens is 332 g/mol. The molecule has 7 heteroatoms. The molecule has 25 heavy (non-hydrogen) atoms. The van der Waals surface area contributed by atoms with Gasteiger partial charge in [-0.15, -0.1) is 0 Å². The number of carbonyl (C=O) groups is 1. The van der Waals surface area contributed by atoms with E-state index in [1.807, 2.05) is 30.3 Å². The van der Waals surface area contributed by atoms with Crippen molar-refractivity contribution in [3.05, 3.63) is 65.7 Å². The van der Waals surface area contributed by atoms with Crippen LogP contribution in [0.3, 0.4) is 0 Å². The lowest BCUT2D eigenvalue weighted by Gasteiger charge is -2.10. The molecule has 2 aromatic rings. The number of methoxy groups -OCH3 is 1. The van der Waals surface area contributed by atoms with Crippen molar-refractivity contribution < 1.29 is 27.9 Å². The number of rotatable bonds is 8. The molecule has 1 amide bonds. The van der Waals surface area contributed by atoms with Gasteiger partial charge in [-0.05, 0) is 29.3 Å². The predicted molar refractivity (Wildman–Crippen MR) is 88.0 cm³/mol. The highest BCUT2D eigenvalue weighted by molar-refractivity contribution is 5.91. The van der Waals surface area contributed by atoms with Crippen molar-refractivity contribution in [2.24, 2.45) is 0 Å². The summed E-state index contributed by atoms with van der Waals surface area (Å²) < 4.78 is 33.9. The van der Waals surface area contributed by atoms with Gasteiger partial charge in [0.15, 0.2) is 11.5 Å². The Morgan fingerprint density at radius 3 is 2.60 bits per heavy atom. The second-order valence-corrected chi connectivity index (χ2v) is 4.86. The van der Waals surface area contributed by atoms with Gasteiger partial charge in [0.05, 0.1) is 13.7 Å². The van der Waals surface area contributed by atoms with Crippen molar-refractivity contribution in [3.63, 3.8) is 0 Å². The van der Waals surface area contributed by atoms with E-state index in [-0.39, 0.29) is 18.1 Å². The minimum Gasteiger partial charge on any atom is -0.493 e. The molecule has 0 aliphatic heterocycles. The molecule has 0 bridgehead atoms. The first-order valence-corrected chi connectivity index (χ1v) is 7.35. The molecule has 0 unspecified atom stereocenters. The summed E-state index contributed by atoms with van der Waals surface area (Å²) in [6.45, 7) is -2.70. The van der Waals surface area contributed by atoms with E-state index >= 15 is 0 Å². The lowest BCUT2D eigenvalue weighted by molar-refractivity contribution is -0.129. The highest BCUT2D eigenvalue weighted by Crippen LogP contribution is 2.29. The Morgan fingerprint density at radius 2 is 1.92 bits per heavy atom. The SMILES string of the molecule is COc1cc(C=CC(=O)NOCc2ccccc2)ccc1OC(F)F. The first-order chi connectivity index (χ1) is 12.1. The molecule has 2 rings (SSSR count). The molecule has 0 spiro atoms. The van der Waals surface area contributed by atoms with Gasteiger partial charge in [-0.3, -0.25) is 9.63 Å². The van der Waals surface area contributed by atoms with Crippen molar-refractivity contribution in [1.82, 2.24) is 5.48 Å². The molecule has 0 saturated carbocycles. The standard InChI is InChI=1S/C18H17F2NO4/c1-23-16-11-13(7-9-15(16)25-18(19)20)8-10-17(22)21-24-12-14-5-3-2-4-6-14/h2-11,18H,12H2,1H3,(H,21,22). The minimum absolute atomic E-state index is 0.0784. The third-order valence-corrected chi connectivity index (χ3v) is 3.09. The number of nitrogens with one attached hydrogen (secondary N) is 1. The van der Waals surface area contributed by atoms with Gasteiger partial charge in [0.2, 0.25) is 0 Å². The summed E-state index contributed by atoms with van der Waals surface area (Å²) in [5.74, 6) is -0.392. The van der Waals surface area contributed by atoms with E-state index in [1.165, 1.54) is 37.5 Å². The van der Waals surface area contributed by atoms with Gasteiger partial charge in [-0.1, -0.05) is 36.4 Å². The van der Waals surface area contributed by atoms with Crippen LogP contribution in [0.2, 0.25) is 0 Å². The van der Waals surface area contributed by atoms with E-state index < -0.39 is 12.5 Å². The fraction of sp³-hybridized carbons (Fsp3) is 0.167. The summed E-state index contributed by atoms with van der Waals surface area (Å²) in [5.41, 5.74) is 3.79. The molecule has 0 heterocycles. The number of ether oxygens (including phenoxy) is 2. The number of halogens is 2. The zero-order valence-corrected chi connectivity index (χ0v) is 13.4. The molecule has 0 radical (unpaired) electrons. The zero-order valence-electron chi connectivity index (χ0n) is 13.4. The van der Waals surface area contributed by atoms with Crippen molar-refractivity contribution in [2.45, 2.75) is 13.2 Å². The lowest BCUT2D eigenvalue weighted by atomic mass is 10.2. The Balaban J connectivity index is 1.88. The van der Waals surface area contributed by atoms with Gasteiger partial charge in [0, 0.05) is 6.08 Å². The van der Waals surface area contributed by atoms with Crippen LogP contribution in [0.15, 0.2) is 54.6 Å².